The molecular formula is C114H102O21. The number of hydrogen-bond donors (Lipinski definition) is 0. The molecule has 0 atom stereocenters. The summed E-state index contributed by atoms with van der Waals surface area (Å²) in [6.07, 6.45) is 9.21. The molecule has 21 heteroatoms. The number of carbonyl (C=O) groups excluding carboxylic acids is 9. The highest BCUT2D eigenvalue weighted by Gasteiger charge is 2.16. The van der Waals surface area contributed by atoms with Crippen molar-refractivity contribution in [1.82, 2.24) is 0 Å². The Morgan fingerprint density at radius 2 is 0.311 bits per heavy atom. The predicted octanol–water partition coefficient (Wildman–Crippen LogP) is 26.0. The molecule has 0 aliphatic rings. The van der Waals surface area contributed by atoms with Crippen LogP contribution in [0.5, 0.6) is 69.0 Å². The molecule has 0 aliphatic carbocycles. The summed E-state index contributed by atoms with van der Waals surface area (Å²) >= 11 is 0. The Morgan fingerprint density at radius 1 is 0.193 bits per heavy atom. The van der Waals surface area contributed by atoms with E-state index in [-0.39, 0.29) is 5.97 Å². The number of hydrogen-bond acceptors (Lipinski definition) is 21. The van der Waals surface area contributed by atoms with E-state index in [9.17, 15) is 43.2 Å². The molecule has 0 heterocycles. The van der Waals surface area contributed by atoms with Gasteiger partial charge in [0.15, 0.2) is 0 Å². The van der Waals surface area contributed by atoms with E-state index >= 15 is 0 Å². The van der Waals surface area contributed by atoms with Crippen molar-refractivity contribution >= 4 is 53.7 Å². The van der Waals surface area contributed by atoms with Crippen molar-refractivity contribution in [2.24, 2.45) is 0 Å². The second-order valence-electron chi connectivity index (χ2n) is 28.6. The normalized spacial score (nSPS) is 9.82. The maximum absolute atomic E-state index is 11.7. The Hall–Kier alpha value is -17.9. The van der Waals surface area contributed by atoms with Crippen LogP contribution in [0.3, 0.4) is 0 Å². The van der Waals surface area contributed by atoms with Crippen LogP contribution in [0.25, 0.3) is 66.8 Å². The van der Waals surface area contributed by atoms with Gasteiger partial charge < -0.3 is 56.8 Å². The highest BCUT2D eigenvalue weighted by atomic mass is 16.6. The first-order chi connectivity index (χ1) is 64.9. The summed E-state index contributed by atoms with van der Waals surface area (Å²) in [5, 5.41) is 0. The van der Waals surface area contributed by atoms with Crippen molar-refractivity contribution < 1.29 is 100.0 Å². The van der Waals surface area contributed by atoms with E-state index in [0.29, 0.717) is 104 Å². The van der Waals surface area contributed by atoms with E-state index in [1.165, 1.54) is 18.8 Å². The number of carbonyl (C=O) groups is 9. The van der Waals surface area contributed by atoms with E-state index < -0.39 is 47.8 Å². The van der Waals surface area contributed by atoms with E-state index in [2.05, 4.69) is 78.9 Å². The van der Waals surface area contributed by atoms with Crippen molar-refractivity contribution in [3.63, 3.8) is 0 Å². The maximum Gasteiger partial charge on any atom is 0.338 e. The lowest BCUT2D eigenvalue weighted by molar-refractivity contribution is -0.131. The topological polar surface area (TPSA) is 264 Å². The van der Waals surface area contributed by atoms with Gasteiger partial charge in [-0.05, 0) is 252 Å². The van der Waals surface area contributed by atoms with Crippen molar-refractivity contribution in [2.75, 3.05) is 0 Å². The monoisotopic (exact) mass is 1810 g/mol. The first kappa shape index (κ1) is 104. The van der Waals surface area contributed by atoms with E-state index in [1.807, 2.05) is 203 Å². The summed E-state index contributed by atoms with van der Waals surface area (Å²) in [7, 11) is 0. The summed E-state index contributed by atoms with van der Waals surface area (Å²) in [6, 6.07) is 87.5. The zero-order chi connectivity index (χ0) is 98.3. The highest BCUT2D eigenvalue weighted by molar-refractivity contribution is 5.93. The second-order valence-corrected chi connectivity index (χ2v) is 28.6. The van der Waals surface area contributed by atoms with Crippen LogP contribution in [0.15, 0.2) is 441 Å². The molecule has 0 N–H and O–H groups in total. The quantitative estimate of drug-likeness (QED) is 0.0160. The molecule has 0 aromatic heterocycles. The van der Waals surface area contributed by atoms with Gasteiger partial charge in [-0.3, -0.25) is 0 Å². The Balaban J connectivity index is 0.000000221. The van der Waals surface area contributed by atoms with Gasteiger partial charge in [-0.25, -0.2) is 43.2 Å². The summed E-state index contributed by atoms with van der Waals surface area (Å²) < 4.78 is 61.8. The largest absolute Gasteiger partial charge is 0.466 e. The standard InChI is InChI=1S/C21H20O4.C20H18O4.C19H16O4.C19H18O3.C18H16O3.C17H14O3/c1-5-15(4)21(23)25-19-12-8-17(9-13-19)16-6-10-18(11-7-16)24-20(22)14(2)3;1-4-14(3)20(22)24-18-12-8-16(9-13-18)15-6-10-17(11-7-15)23-19(21)5-2;1-4-18(20)22-16-9-5-14(6-10-16)15-7-11-17(12-8-15)23-19(21)13(2)3;1-4-14(3)19(20)22-18-12-8-16(9-13-18)15-6-10-17(11-7-15)21-5-2;1-4-20-16-9-5-14(6-10-16)15-7-11-17(12-8-15)21-18(19)13(2)3;1-3-17(18)20-16-11-7-14(8-12-16)13-5-9-15(10-6-13)19-4-2/h6-13H,2,4-5H2,1,3H3;5-13H,2-4H2,1H3;4-12H,1-2H2,3H3;5-13H,2-4H2,1H3;4-12H,1-2H2,3H3;3-12H,1-2H2. The Bertz CT molecular complexity index is 6200. The molecule has 0 aliphatic heterocycles. The van der Waals surface area contributed by atoms with Crippen LogP contribution in [-0.4, -0.2) is 53.7 Å². The van der Waals surface area contributed by atoms with Crippen molar-refractivity contribution in [3.8, 4) is 136 Å². The number of esters is 9. The minimum Gasteiger partial charge on any atom is -0.466 e. The molecule has 12 aromatic carbocycles. The van der Waals surface area contributed by atoms with Gasteiger partial charge in [0.05, 0.1) is 18.8 Å². The molecule has 12 rings (SSSR count). The second kappa shape index (κ2) is 54.5. The lowest BCUT2D eigenvalue weighted by Crippen LogP contribution is -2.09. The molecule has 0 unspecified atom stereocenters. The molecule has 0 bridgehead atoms. The minimum absolute atomic E-state index is 0.346. The van der Waals surface area contributed by atoms with Gasteiger partial charge in [0.1, 0.15) is 69.0 Å². The van der Waals surface area contributed by atoms with Crippen LogP contribution in [-0.2, 0) is 43.2 Å². The lowest BCUT2D eigenvalue weighted by Gasteiger charge is -2.08. The van der Waals surface area contributed by atoms with Crippen LogP contribution in [0, 0.1) is 0 Å². The van der Waals surface area contributed by atoms with Crippen molar-refractivity contribution in [1.29, 1.82) is 0 Å². The molecule has 684 valence electrons. The molecular weight excluding hydrogens is 1710 g/mol. The molecule has 135 heavy (non-hydrogen) atoms. The first-order valence-corrected chi connectivity index (χ1v) is 41.8. The predicted molar refractivity (Wildman–Crippen MR) is 528 cm³/mol. The zero-order valence-electron chi connectivity index (χ0n) is 75.9. The van der Waals surface area contributed by atoms with Crippen LogP contribution in [0.1, 0.15) is 60.8 Å². The fraction of sp³-hybridized carbons (Fsp3) is 0.0789. The Kier molecular flexibility index (Phi) is 42.0. The molecule has 0 saturated carbocycles. The summed E-state index contributed by atoms with van der Waals surface area (Å²) in [6.45, 7) is 52.6. The highest BCUT2D eigenvalue weighted by Crippen LogP contribution is 2.33. The van der Waals surface area contributed by atoms with Crippen LogP contribution < -0.4 is 56.8 Å². The number of benzene rings is 12. The van der Waals surface area contributed by atoms with Crippen LogP contribution >= 0.6 is 0 Å². The fourth-order valence-electron chi connectivity index (χ4n) is 10.9. The van der Waals surface area contributed by atoms with Crippen LogP contribution in [0.2, 0.25) is 0 Å². The Labute approximate surface area is 786 Å². The van der Waals surface area contributed by atoms with Gasteiger partial charge in [0, 0.05) is 51.7 Å². The summed E-state index contributed by atoms with van der Waals surface area (Å²) in [4.78, 5) is 103. The molecule has 0 spiro atoms. The van der Waals surface area contributed by atoms with Crippen LogP contribution in [0.4, 0.5) is 0 Å². The molecule has 0 fully saturated rings. The van der Waals surface area contributed by atoms with Gasteiger partial charge >= 0.3 is 53.7 Å². The molecule has 0 amide bonds. The van der Waals surface area contributed by atoms with Gasteiger partial charge in [-0.1, -0.05) is 245 Å². The molecule has 0 radical (unpaired) electrons. The van der Waals surface area contributed by atoms with E-state index in [0.717, 1.165) is 102 Å². The van der Waals surface area contributed by atoms with Gasteiger partial charge in [-0.2, -0.15) is 0 Å². The van der Waals surface area contributed by atoms with Crippen molar-refractivity contribution in [2.45, 2.75) is 60.8 Å². The SMILES string of the molecule is C=C(C)C(=O)Oc1ccc(-c2ccc(OC(=O)C(=C)CC)cc2)cc1.C=CC(=O)Oc1ccc(-c2ccc(OC(=O)C(=C)C)cc2)cc1.C=CC(=O)Oc1ccc(-c2ccc(OC(=O)C(=C)CC)cc2)cc1.C=COc1ccc(-c2ccc(OC(=O)C(=C)C)cc2)cc1.C=COc1ccc(-c2ccc(OC(=O)C(=C)CC)cc2)cc1.C=COc1ccc(-c2ccc(OC(=O)C=C)cc2)cc1. The third-order valence-electron chi connectivity index (χ3n) is 18.5. The Morgan fingerprint density at radius 3 is 0.422 bits per heavy atom. The minimum atomic E-state index is -0.499. The van der Waals surface area contributed by atoms with E-state index in [4.69, 9.17) is 56.8 Å². The maximum atomic E-state index is 11.7. The third-order valence-corrected chi connectivity index (χ3v) is 18.5. The number of rotatable bonds is 33. The first-order valence-electron chi connectivity index (χ1n) is 41.8. The van der Waals surface area contributed by atoms with E-state index in [1.54, 1.807) is 130 Å². The average molecular weight is 1810 g/mol. The third kappa shape index (κ3) is 35.3. The number of ether oxygens (including phenoxy) is 12. The van der Waals surface area contributed by atoms with Gasteiger partial charge in [0.25, 0.3) is 0 Å². The smallest absolute Gasteiger partial charge is 0.338 e. The lowest BCUT2D eigenvalue weighted by atomic mass is 10.1. The van der Waals surface area contributed by atoms with Crippen molar-refractivity contribution in [3.05, 3.63) is 441 Å². The summed E-state index contributed by atoms with van der Waals surface area (Å²) in [5.41, 5.74) is 14.3. The molecule has 12 aromatic rings. The fourth-order valence-corrected chi connectivity index (χ4v) is 10.9. The average Bonchev–Trinajstić information content (AvgIpc) is 0.879. The van der Waals surface area contributed by atoms with Gasteiger partial charge in [-0.15, -0.1) is 0 Å². The van der Waals surface area contributed by atoms with Gasteiger partial charge in [0.2, 0.25) is 0 Å². The summed E-state index contributed by atoms with van der Waals surface area (Å²) in [5.74, 6) is 2.45. The molecule has 0 saturated heterocycles. The zero-order valence-corrected chi connectivity index (χ0v) is 75.9. The molecule has 21 nitrogen and oxygen atoms in total.